The monoisotopic (exact) mass is 305 g/mol. The fourth-order valence-electron chi connectivity index (χ4n) is 2.13. The van der Waals surface area contributed by atoms with E-state index >= 15 is 0 Å². The van der Waals surface area contributed by atoms with E-state index in [1.807, 2.05) is 18.2 Å². The van der Waals surface area contributed by atoms with Crippen molar-refractivity contribution in [2.75, 3.05) is 14.2 Å². The van der Waals surface area contributed by atoms with Crippen LogP contribution >= 0.6 is 11.3 Å². The summed E-state index contributed by atoms with van der Waals surface area (Å²) in [6, 6.07) is 5.67. The lowest BCUT2D eigenvalue weighted by Crippen LogP contribution is -1.95. The van der Waals surface area contributed by atoms with Crippen LogP contribution < -0.4 is 9.47 Å². The Morgan fingerprint density at radius 2 is 1.95 bits per heavy atom. The minimum atomic E-state index is 0.0719. The van der Waals surface area contributed by atoms with Crippen LogP contribution in [0, 0.1) is 0 Å². The molecule has 1 aromatic carbocycles. The molecule has 0 atom stereocenters. The molecule has 0 aliphatic rings. The number of thiazole rings is 1. The van der Waals surface area contributed by atoms with Gasteiger partial charge in [0.15, 0.2) is 17.3 Å². The van der Waals surface area contributed by atoms with Gasteiger partial charge in [-0.25, -0.2) is 4.98 Å². The Morgan fingerprint density at radius 1 is 1.24 bits per heavy atom. The van der Waals surface area contributed by atoms with Crippen molar-refractivity contribution in [3.05, 3.63) is 28.8 Å². The minimum absolute atomic E-state index is 0.0719. The summed E-state index contributed by atoms with van der Waals surface area (Å²) in [7, 11) is 3.21. The van der Waals surface area contributed by atoms with Crippen LogP contribution in [-0.2, 0) is 6.42 Å². The van der Waals surface area contributed by atoms with Gasteiger partial charge in [-0.3, -0.25) is 4.79 Å². The van der Waals surface area contributed by atoms with E-state index in [1.54, 1.807) is 21.1 Å². The lowest BCUT2D eigenvalue weighted by atomic mass is 10.2. The number of rotatable bonds is 6. The molecule has 0 aliphatic heterocycles. The highest BCUT2D eigenvalue weighted by molar-refractivity contribution is 7.17. The Balaban J connectivity index is 2.46. The summed E-state index contributed by atoms with van der Waals surface area (Å²) in [5.74, 6) is 1.41. The first kappa shape index (κ1) is 15.5. The van der Waals surface area contributed by atoms with E-state index < -0.39 is 0 Å². The number of carbonyl (C=O) groups excluding carboxylic acids is 1. The van der Waals surface area contributed by atoms with Crippen LogP contribution in [0.25, 0.3) is 10.6 Å². The summed E-state index contributed by atoms with van der Waals surface area (Å²) in [6.45, 7) is 3.67. The molecule has 1 aromatic heterocycles. The maximum absolute atomic E-state index is 11.7. The molecular weight excluding hydrogens is 286 g/mol. The van der Waals surface area contributed by atoms with Gasteiger partial charge in [-0.05, 0) is 24.6 Å². The average Bonchev–Trinajstić information content (AvgIpc) is 2.91. The van der Waals surface area contributed by atoms with Crippen LogP contribution in [0.3, 0.4) is 0 Å². The zero-order valence-corrected chi connectivity index (χ0v) is 13.5. The van der Waals surface area contributed by atoms with E-state index in [0.29, 0.717) is 11.5 Å². The number of aryl methyl sites for hydroxylation is 1. The lowest BCUT2D eigenvalue weighted by Gasteiger charge is -2.08. The molecule has 1 heterocycles. The molecule has 0 unspecified atom stereocenters. The number of Topliss-reactive ketones (excluding diaryl/α,β-unsaturated/α-hetero) is 1. The number of aromatic nitrogens is 1. The van der Waals surface area contributed by atoms with Gasteiger partial charge in [-0.2, -0.15) is 0 Å². The van der Waals surface area contributed by atoms with Crippen molar-refractivity contribution >= 4 is 17.1 Å². The molecule has 0 aliphatic carbocycles. The molecule has 0 spiro atoms. The van der Waals surface area contributed by atoms with Crippen molar-refractivity contribution in [3.63, 3.8) is 0 Å². The molecule has 0 radical (unpaired) electrons. The van der Waals surface area contributed by atoms with Gasteiger partial charge in [0.2, 0.25) is 0 Å². The normalized spacial score (nSPS) is 10.5. The van der Waals surface area contributed by atoms with Crippen LogP contribution in [0.4, 0.5) is 0 Å². The minimum Gasteiger partial charge on any atom is -0.493 e. The van der Waals surface area contributed by atoms with Gasteiger partial charge < -0.3 is 9.47 Å². The topological polar surface area (TPSA) is 48.4 Å². The number of hydrogen-bond acceptors (Lipinski definition) is 5. The second-order valence-corrected chi connectivity index (χ2v) is 5.67. The highest BCUT2D eigenvalue weighted by Gasteiger charge is 2.16. The van der Waals surface area contributed by atoms with Gasteiger partial charge >= 0.3 is 0 Å². The molecule has 5 heteroatoms. The molecule has 0 amide bonds. The van der Waals surface area contributed by atoms with Gasteiger partial charge in [0, 0.05) is 12.5 Å². The predicted molar refractivity (Wildman–Crippen MR) is 84.7 cm³/mol. The van der Waals surface area contributed by atoms with E-state index in [0.717, 1.165) is 34.0 Å². The van der Waals surface area contributed by atoms with Gasteiger partial charge in [0.25, 0.3) is 0 Å². The second kappa shape index (κ2) is 6.72. The first-order valence-corrected chi connectivity index (χ1v) is 7.65. The molecular formula is C16H19NO3S. The number of ether oxygens (including phenoxy) is 2. The zero-order valence-electron chi connectivity index (χ0n) is 12.7. The fourth-order valence-corrected chi connectivity index (χ4v) is 3.13. The van der Waals surface area contributed by atoms with Crippen LogP contribution in [0.5, 0.6) is 11.5 Å². The number of ketones is 1. The van der Waals surface area contributed by atoms with Crippen LogP contribution in [0.2, 0.25) is 0 Å². The van der Waals surface area contributed by atoms with E-state index in [9.17, 15) is 4.79 Å². The standard InChI is InChI=1S/C16H19NO3S/c1-5-6-12-15(10(2)18)21-16(17-12)11-7-8-13(19-3)14(9-11)20-4/h7-9H,5-6H2,1-4H3. The summed E-state index contributed by atoms with van der Waals surface area (Å²) in [4.78, 5) is 17.1. The molecule has 0 N–H and O–H groups in total. The summed E-state index contributed by atoms with van der Waals surface area (Å²) in [6.07, 6.45) is 1.79. The molecule has 0 saturated heterocycles. The van der Waals surface area contributed by atoms with Crippen molar-refractivity contribution < 1.29 is 14.3 Å². The molecule has 21 heavy (non-hydrogen) atoms. The summed E-state index contributed by atoms with van der Waals surface area (Å²) in [5.41, 5.74) is 1.82. The highest BCUT2D eigenvalue weighted by Crippen LogP contribution is 2.35. The molecule has 0 saturated carbocycles. The number of benzene rings is 1. The van der Waals surface area contributed by atoms with E-state index in [2.05, 4.69) is 11.9 Å². The van der Waals surface area contributed by atoms with Crippen molar-refractivity contribution in [3.8, 4) is 22.1 Å². The Kier molecular flexibility index (Phi) is 4.96. The van der Waals surface area contributed by atoms with E-state index in [4.69, 9.17) is 9.47 Å². The van der Waals surface area contributed by atoms with E-state index in [1.165, 1.54) is 11.3 Å². The van der Waals surface area contributed by atoms with Gasteiger partial charge in [-0.15, -0.1) is 11.3 Å². The fraction of sp³-hybridized carbons (Fsp3) is 0.375. The smallest absolute Gasteiger partial charge is 0.171 e. The molecule has 112 valence electrons. The van der Waals surface area contributed by atoms with Crippen LogP contribution in [0.15, 0.2) is 18.2 Å². The molecule has 2 rings (SSSR count). The third kappa shape index (κ3) is 3.24. The zero-order chi connectivity index (χ0) is 15.4. The van der Waals surface area contributed by atoms with Crippen molar-refractivity contribution in [1.82, 2.24) is 4.98 Å². The first-order valence-electron chi connectivity index (χ1n) is 6.83. The summed E-state index contributed by atoms with van der Waals surface area (Å²) >= 11 is 1.44. The average molecular weight is 305 g/mol. The second-order valence-electron chi connectivity index (χ2n) is 4.67. The Morgan fingerprint density at radius 3 is 2.52 bits per heavy atom. The molecule has 4 nitrogen and oxygen atoms in total. The Bertz CT molecular complexity index is 649. The van der Waals surface area contributed by atoms with Crippen molar-refractivity contribution in [2.45, 2.75) is 26.7 Å². The predicted octanol–water partition coefficient (Wildman–Crippen LogP) is 3.98. The Labute approximate surface area is 128 Å². The largest absolute Gasteiger partial charge is 0.493 e. The van der Waals surface area contributed by atoms with Crippen LogP contribution in [0.1, 0.15) is 35.6 Å². The molecule has 2 aromatic rings. The van der Waals surface area contributed by atoms with Crippen LogP contribution in [-0.4, -0.2) is 25.0 Å². The van der Waals surface area contributed by atoms with Crippen molar-refractivity contribution in [1.29, 1.82) is 0 Å². The van der Waals surface area contributed by atoms with E-state index in [-0.39, 0.29) is 5.78 Å². The maximum Gasteiger partial charge on any atom is 0.171 e. The molecule has 0 bridgehead atoms. The number of methoxy groups -OCH3 is 2. The number of carbonyl (C=O) groups is 1. The number of nitrogens with zero attached hydrogens (tertiary/aromatic N) is 1. The quantitative estimate of drug-likeness (QED) is 0.757. The third-order valence-electron chi connectivity index (χ3n) is 3.13. The summed E-state index contributed by atoms with van der Waals surface area (Å²) < 4.78 is 10.6. The van der Waals surface area contributed by atoms with Gasteiger partial charge in [0.05, 0.1) is 24.8 Å². The SMILES string of the molecule is CCCc1nc(-c2ccc(OC)c(OC)c2)sc1C(C)=O. The van der Waals surface area contributed by atoms with Gasteiger partial charge in [0.1, 0.15) is 5.01 Å². The number of hydrogen-bond donors (Lipinski definition) is 0. The first-order chi connectivity index (χ1) is 10.1. The third-order valence-corrected chi connectivity index (χ3v) is 4.38. The lowest BCUT2D eigenvalue weighted by molar-refractivity contribution is 0.102. The molecule has 0 fully saturated rings. The highest BCUT2D eigenvalue weighted by atomic mass is 32.1. The summed E-state index contributed by atoms with van der Waals surface area (Å²) in [5, 5.41) is 0.838. The Hall–Kier alpha value is -1.88. The maximum atomic E-state index is 11.7. The van der Waals surface area contributed by atoms with Crippen molar-refractivity contribution in [2.24, 2.45) is 0 Å². The van der Waals surface area contributed by atoms with Gasteiger partial charge in [-0.1, -0.05) is 13.3 Å².